The lowest BCUT2D eigenvalue weighted by Crippen LogP contribution is -2.38. The van der Waals surface area contributed by atoms with Crippen molar-refractivity contribution in [1.82, 2.24) is 10.6 Å². The predicted octanol–water partition coefficient (Wildman–Crippen LogP) is 4.23. The number of nitrogens with zero attached hydrogens (tertiary/aromatic N) is 1. The molecule has 1 aliphatic rings. The number of nitrogens with one attached hydrogen (secondary N) is 2. The van der Waals surface area contributed by atoms with Crippen LogP contribution in [-0.2, 0) is 9.53 Å². The lowest BCUT2D eigenvalue weighted by atomic mass is 10.1. The summed E-state index contributed by atoms with van der Waals surface area (Å²) in [7, 11) is 0. The van der Waals surface area contributed by atoms with Crippen molar-refractivity contribution in [2.45, 2.75) is 25.9 Å². The van der Waals surface area contributed by atoms with Gasteiger partial charge in [-0.05, 0) is 44.0 Å². The summed E-state index contributed by atoms with van der Waals surface area (Å²) in [5.41, 5.74) is 1.89. The number of furan rings is 1. The highest BCUT2D eigenvalue weighted by atomic mass is 16.6. The molecule has 0 radical (unpaired) electrons. The molecule has 2 amide bonds. The molecule has 9 nitrogen and oxygen atoms in total. The molecule has 35 heavy (non-hydrogen) atoms. The first kappa shape index (κ1) is 23.9. The molecule has 3 aromatic rings. The van der Waals surface area contributed by atoms with E-state index in [-0.39, 0.29) is 17.5 Å². The van der Waals surface area contributed by atoms with Gasteiger partial charge < -0.3 is 19.8 Å². The van der Waals surface area contributed by atoms with Crippen LogP contribution in [-0.4, -0.2) is 36.0 Å². The molecule has 1 fully saturated rings. The number of rotatable bonds is 8. The normalized spacial score (nSPS) is 15.6. The van der Waals surface area contributed by atoms with Crippen LogP contribution in [0, 0.1) is 17.0 Å². The molecule has 4 rings (SSSR count). The van der Waals surface area contributed by atoms with Crippen LogP contribution >= 0.6 is 0 Å². The lowest BCUT2D eigenvalue weighted by molar-refractivity contribution is -0.384. The highest BCUT2D eigenvalue weighted by Crippen LogP contribution is 2.26. The minimum Gasteiger partial charge on any atom is -0.457 e. The van der Waals surface area contributed by atoms with Gasteiger partial charge >= 0.3 is 0 Å². The van der Waals surface area contributed by atoms with Crippen molar-refractivity contribution in [2.75, 3.05) is 13.2 Å². The van der Waals surface area contributed by atoms with E-state index in [1.807, 2.05) is 19.1 Å². The van der Waals surface area contributed by atoms with Crippen LogP contribution in [0.3, 0.4) is 0 Å². The number of ether oxygens (including phenoxy) is 1. The molecule has 2 N–H and O–H groups in total. The maximum atomic E-state index is 13.0. The van der Waals surface area contributed by atoms with Gasteiger partial charge in [0.1, 0.15) is 17.2 Å². The monoisotopic (exact) mass is 475 g/mol. The number of amides is 2. The van der Waals surface area contributed by atoms with Gasteiger partial charge in [-0.1, -0.05) is 29.8 Å². The molecule has 1 aliphatic heterocycles. The Morgan fingerprint density at radius 2 is 1.94 bits per heavy atom. The van der Waals surface area contributed by atoms with E-state index in [1.165, 1.54) is 18.2 Å². The number of hydrogen-bond acceptors (Lipinski definition) is 6. The van der Waals surface area contributed by atoms with Crippen molar-refractivity contribution < 1.29 is 23.7 Å². The molecule has 0 bridgehead atoms. The maximum Gasteiger partial charge on any atom is 0.270 e. The number of nitro groups is 1. The van der Waals surface area contributed by atoms with Crippen LogP contribution in [0.25, 0.3) is 17.4 Å². The van der Waals surface area contributed by atoms with Gasteiger partial charge in [0.25, 0.3) is 17.5 Å². The fraction of sp³-hybridized carbons (Fsp3) is 0.231. The Morgan fingerprint density at radius 1 is 1.14 bits per heavy atom. The fourth-order valence-electron chi connectivity index (χ4n) is 3.67. The van der Waals surface area contributed by atoms with Crippen molar-refractivity contribution in [2.24, 2.45) is 0 Å². The Kier molecular flexibility index (Phi) is 7.37. The van der Waals surface area contributed by atoms with E-state index in [2.05, 4.69) is 10.6 Å². The van der Waals surface area contributed by atoms with Gasteiger partial charge in [0.2, 0.25) is 0 Å². The number of nitro benzene ring substituents is 1. The van der Waals surface area contributed by atoms with Gasteiger partial charge in [-0.15, -0.1) is 0 Å². The zero-order chi connectivity index (χ0) is 24.8. The van der Waals surface area contributed by atoms with E-state index in [0.717, 1.165) is 18.4 Å². The molecular weight excluding hydrogens is 450 g/mol. The summed E-state index contributed by atoms with van der Waals surface area (Å²) < 4.78 is 11.4. The van der Waals surface area contributed by atoms with E-state index in [4.69, 9.17) is 9.15 Å². The van der Waals surface area contributed by atoms with Crippen LogP contribution in [0.1, 0.15) is 34.5 Å². The number of aryl methyl sites for hydroxylation is 1. The first-order chi connectivity index (χ1) is 16.9. The second-order valence-electron chi connectivity index (χ2n) is 8.23. The molecule has 9 heteroatoms. The predicted molar refractivity (Wildman–Crippen MR) is 129 cm³/mol. The molecule has 1 unspecified atom stereocenters. The number of hydrogen-bond donors (Lipinski definition) is 2. The number of carbonyl (C=O) groups is 2. The number of non-ortho nitro benzene ring substituents is 1. The SMILES string of the molecule is Cc1ccc(C(=O)N/C(=C/c2ccc(-c3cccc([N+](=O)[O-])c3)o2)C(=O)NCC2CCCO2)cc1. The largest absolute Gasteiger partial charge is 0.457 e. The maximum absolute atomic E-state index is 13.0. The molecule has 0 spiro atoms. The molecule has 1 aromatic heterocycles. The summed E-state index contributed by atoms with van der Waals surface area (Å²) in [4.78, 5) is 36.3. The van der Waals surface area contributed by atoms with Crippen molar-refractivity contribution in [3.8, 4) is 11.3 Å². The van der Waals surface area contributed by atoms with Gasteiger partial charge in [-0.2, -0.15) is 0 Å². The van der Waals surface area contributed by atoms with Crippen LogP contribution in [0.4, 0.5) is 5.69 Å². The average molecular weight is 476 g/mol. The molecule has 1 atom stereocenters. The molecule has 2 aromatic carbocycles. The Balaban J connectivity index is 1.57. The third-order valence-corrected chi connectivity index (χ3v) is 5.58. The van der Waals surface area contributed by atoms with Gasteiger partial charge in [0.15, 0.2) is 0 Å². The third kappa shape index (κ3) is 6.21. The molecular formula is C26H25N3O6. The van der Waals surface area contributed by atoms with E-state index in [9.17, 15) is 19.7 Å². The highest BCUT2D eigenvalue weighted by Gasteiger charge is 2.20. The van der Waals surface area contributed by atoms with Crippen molar-refractivity contribution in [3.05, 3.63) is 93.4 Å². The summed E-state index contributed by atoms with van der Waals surface area (Å²) in [5, 5.41) is 16.6. The van der Waals surface area contributed by atoms with Crippen LogP contribution in [0.15, 0.2) is 70.8 Å². The topological polar surface area (TPSA) is 124 Å². The number of benzene rings is 2. The molecule has 0 aliphatic carbocycles. The molecule has 2 heterocycles. The minimum absolute atomic E-state index is 0.00788. The van der Waals surface area contributed by atoms with Crippen LogP contribution in [0.5, 0.6) is 0 Å². The van der Waals surface area contributed by atoms with E-state index in [0.29, 0.717) is 35.8 Å². The Morgan fingerprint density at radius 3 is 2.66 bits per heavy atom. The van der Waals surface area contributed by atoms with Crippen LogP contribution < -0.4 is 10.6 Å². The quantitative estimate of drug-likeness (QED) is 0.285. The van der Waals surface area contributed by atoms with Gasteiger partial charge in [-0.3, -0.25) is 19.7 Å². The second-order valence-corrected chi connectivity index (χ2v) is 8.23. The summed E-state index contributed by atoms with van der Waals surface area (Å²) in [5.74, 6) is -0.217. The Labute approximate surface area is 201 Å². The van der Waals surface area contributed by atoms with Crippen LogP contribution in [0.2, 0.25) is 0 Å². The summed E-state index contributed by atoms with van der Waals surface area (Å²) >= 11 is 0. The number of carbonyl (C=O) groups excluding carboxylic acids is 2. The van der Waals surface area contributed by atoms with E-state index in [1.54, 1.807) is 36.4 Å². The standard InChI is InChI=1S/C26H25N3O6/c1-17-7-9-18(10-8-17)25(30)28-23(26(31)27-16-22-6-3-13-34-22)15-21-11-12-24(35-21)19-4-2-5-20(14-19)29(32)33/h2,4-5,7-12,14-15,22H,3,6,13,16H2,1H3,(H,27,31)(H,28,30)/b23-15+. The fourth-order valence-corrected chi connectivity index (χ4v) is 3.67. The zero-order valence-electron chi connectivity index (χ0n) is 19.2. The smallest absolute Gasteiger partial charge is 0.270 e. The average Bonchev–Trinajstić information content (AvgIpc) is 3.55. The van der Waals surface area contributed by atoms with Crippen molar-refractivity contribution >= 4 is 23.6 Å². The zero-order valence-corrected chi connectivity index (χ0v) is 19.2. The van der Waals surface area contributed by atoms with E-state index < -0.39 is 16.7 Å². The Bertz CT molecular complexity index is 1260. The van der Waals surface area contributed by atoms with Crippen molar-refractivity contribution in [1.29, 1.82) is 0 Å². The minimum atomic E-state index is -0.482. The van der Waals surface area contributed by atoms with Gasteiger partial charge in [0.05, 0.1) is 11.0 Å². The van der Waals surface area contributed by atoms with Gasteiger partial charge in [-0.25, -0.2) is 0 Å². The first-order valence-electron chi connectivity index (χ1n) is 11.2. The summed E-state index contributed by atoms with van der Waals surface area (Å²) in [6.07, 6.45) is 3.18. The lowest BCUT2D eigenvalue weighted by Gasteiger charge is -2.13. The molecule has 0 saturated carbocycles. The summed E-state index contributed by atoms with van der Waals surface area (Å²) in [6, 6.07) is 16.3. The van der Waals surface area contributed by atoms with E-state index >= 15 is 0 Å². The molecule has 180 valence electrons. The highest BCUT2D eigenvalue weighted by molar-refractivity contribution is 6.05. The van der Waals surface area contributed by atoms with Gasteiger partial charge in [0, 0.05) is 42.5 Å². The molecule has 1 saturated heterocycles. The van der Waals surface area contributed by atoms with Crippen molar-refractivity contribution in [3.63, 3.8) is 0 Å². The Hall–Kier alpha value is -4.24. The third-order valence-electron chi connectivity index (χ3n) is 5.58. The first-order valence-corrected chi connectivity index (χ1v) is 11.2. The second kappa shape index (κ2) is 10.8. The summed E-state index contributed by atoms with van der Waals surface area (Å²) in [6.45, 7) is 2.91.